The molecule has 0 saturated carbocycles. The lowest BCUT2D eigenvalue weighted by atomic mass is 9.73. The summed E-state index contributed by atoms with van der Waals surface area (Å²) < 4.78 is 42.3. The van der Waals surface area contributed by atoms with Gasteiger partial charge in [0.2, 0.25) is 0 Å². The monoisotopic (exact) mass is 355 g/mol. The third-order valence-corrected chi connectivity index (χ3v) is 4.11. The highest BCUT2D eigenvalue weighted by atomic mass is 32.2. The van der Waals surface area contributed by atoms with Crippen LogP contribution in [0.4, 0.5) is 18.9 Å². The number of thioether (sulfide) groups is 1. The summed E-state index contributed by atoms with van der Waals surface area (Å²) >= 11 is -0.202. The van der Waals surface area contributed by atoms with Crippen molar-refractivity contribution >= 4 is 30.0 Å². The Morgan fingerprint density at radius 3 is 2.83 bits per heavy atom. The molecule has 0 radical (unpaired) electrons. The number of hydrogen-bond donors (Lipinski definition) is 2. The topological polar surface area (TPSA) is 50.7 Å². The van der Waals surface area contributed by atoms with E-state index in [2.05, 4.69) is 5.48 Å². The lowest BCUT2D eigenvalue weighted by Crippen LogP contribution is -2.41. The van der Waals surface area contributed by atoms with Crippen molar-refractivity contribution in [1.29, 1.82) is 0 Å². The molecule has 3 rings (SSSR count). The van der Waals surface area contributed by atoms with Crippen molar-refractivity contribution in [2.24, 2.45) is 0 Å². The Bertz CT molecular complexity index is 729. The first-order chi connectivity index (χ1) is 11.4. The Morgan fingerprint density at radius 2 is 2.04 bits per heavy atom. The van der Waals surface area contributed by atoms with Crippen LogP contribution in [0.3, 0.4) is 0 Å². The molecule has 0 aliphatic carbocycles. The van der Waals surface area contributed by atoms with E-state index in [1.807, 2.05) is 6.07 Å². The molecule has 126 valence electrons. The third kappa shape index (κ3) is 4.37. The first-order valence-electron chi connectivity index (χ1n) is 7.12. The number of nitrogens with one attached hydrogen (secondary N) is 1. The third-order valence-electron chi connectivity index (χ3n) is 3.38. The van der Waals surface area contributed by atoms with Crippen LogP contribution in [-0.2, 0) is 11.1 Å². The highest BCUT2D eigenvalue weighted by Crippen LogP contribution is 2.37. The van der Waals surface area contributed by atoms with Crippen LogP contribution >= 0.6 is 11.8 Å². The van der Waals surface area contributed by atoms with Gasteiger partial charge in [-0.3, -0.25) is 0 Å². The fraction of sp³-hybridized carbons (Fsp3) is 0.200. The van der Waals surface area contributed by atoms with Gasteiger partial charge in [0.15, 0.2) is 5.75 Å². The van der Waals surface area contributed by atoms with E-state index >= 15 is 0 Å². The van der Waals surface area contributed by atoms with Crippen molar-refractivity contribution in [2.45, 2.75) is 16.8 Å². The summed E-state index contributed by atoms with van der Waals surface area (Å²) in [5.74, 6) is 0.249. The number of halogens is 3. The van der Waals surface area contributed by atoms with Crippen LogP contribution in [0.5, 0.6) is 5.75 Å². The van der Waals surface area contributed by atoms with Gasteiger partial charge in [0.05, 0.1) is 5.69 Å². The predicted molar refractivity (Wildman–Crippen MR) is 86.3 cm³/mol. The van der Waals surface area contributed by atoms with E-state index in [9.17, 15) is 18.2 Å². The Hall–Kier alpha value is -1.84. The molecule has 0 aromatic heterocycles. The lowest BCUT2D eigenvalue weighted by Gasteiger charge is -2.20. The molecular weight excluding hydrogens is 342 g/mol. The second kappa shape index (κ2) is 6.96. The van der Waals surface area contributed by atoms with E-state index in [1.165, 1.54) is 18.2 Å². The number of alkyl halides is 3. The van der Waals surface area contributed by atoms with E-state index < -0.39 is 12.6 Å². The average molecular weight is 355 g/mol. The zero-order valence-corrected chi connectivity index (χ0v) is 13.2. The molecule has 0 atom stereocenters. The SMILES string of the molecule is OB1OCCc2ccc(NOc3cccc(SC(F)(F)F)c3)cc21. The molecule has 0 fully saturated rings. The molecule has 9 heteroatoms. The van der Waals surface area contributed by atoms with Crippen LogP contribution in [0, 0.1) is 0 Å². The minimum absolute atomic E-state index is 0.0380. The summed E-state index contributed by atoms with van der Waals surface area (Å²) in [6, 6.07) is 11.0. The maximum absolute atomic E-state index is 12.4. The van der Waals surface area contributed by atoms with Gasteiger partial charge in [0, 0.05) is 11.5 Å². The maximum atomic E-state index is 12.4. The first kappa shape index (κ1) is 17.0. The fourth-order valence-electron chi connectivity index (χ4n) is 2.34. The van der Waals surface area contributed by atoms with Crippen molar-refractivity contribution < 1.29 is 27.7 Å². The van der Waals surface area contributed by atoms with Gasteiger partial charge in [-0.2, -0.15) is 13.2 Å². The number of benzene rings is 2. The highest BCUT2D eigenvalue weighted by Gasteiger charge is 2.29. The maximum Gasteiger partial charge on any atom is 0.491 e. The van der Waals surface area contributed by atoms with Gasteiger partial charge >= 0.3 is 12.6 Å². The van der Waals surface area contributed by atoms with E-state index in [0.717, 1.165) is 5.56 Å². The molecule has 2 aromatic rings. The van der Waals surface area contributed by atoms with Gasteiger partial charge in [-0.25, -0.2) is 5.48 Å². The zero-order valence-electron chi connectivity index (χ0n) is 12.3. The average Bonchev–Trinajstić information content (AvgIpc) is 2.52. The summed E-state index contributed by atoms with van der Waals surface area (Å²) in [5.41, 5.74) is 0.518. The van der Waals surface area contributed by atoms with Gasteiger partial charge in [-0.1, -0.05) is 12.1 Å². The van der Waals surface area contributed by atoms with Crippen molar-refractivity contribution in [3.05, 3.63) is 48.0 Å². The number of fused-ring (bicyclic) bond motifs is 1. The molecule has 0 bridgehead atoms. The van der Waals surface area contributed by atoms with Gasteiger partial charge in [-0.05, 0) is 59.5 Å². The van der Waals surface area contributed by atoms with Crippen LogP contribution in [-0.4, -0.2) is 24.3 Å². The molecule has 0 unspecified atom stereocenters. The van der Waals surface area contributed by atoms with Crippen LogP contribution in [0.15, 0.2) is 47.4 Å². The van der Waals surface area contributed by atoms with Gasteiger partial charge < -0.3 is 14.5 Å². The second-order valence-corrected chi connectivity index (χ2v) is 6.25. The quantitative estimate of drug-likeness (QED) is 0.502. The normalized spacial score (nSPS) is 14.2. The van der Waals surface area contributed by atoms with E-state index in [-0.39, 0.29) is 22.4 Å². The molecule has 1 aliphatic rings. The molecule has 0 amide bonds. The molecule has 0 spiro atoms. The zero-order chi connectivity index (χ0) is 17.2. The summed E-state index contributed by atoms with van der Waals surface area (Å²) in [5, 5.41) is 9.82. The number of anilines is 1. The van der Waals surface area contributed by atoms with Gasteiger partial charge in [0.25, 0.3) is 0 Å². The van der Waals surface area contributed by atoms with E-state index in [1.54, 1.807) is 18.2 Å². The van der Waals surface area contributed by atoms with Crippen molar-refractivity contribution in [2.75, 3.05) is 12.1 Å². The molecule has 1 aliphatic heterocycles. The van der Waals surface area contributed by atoms with E-state index in [0.29, 0.717) is 24.2 Å². The second-order valence-electron chi connectivity index (χ2n) is 5.11. The van der Waals surface area contributed by atoms with E-state index in [4.69, 9.17) is 9.49 Å². The predicted octanol–water partition coefficient (Wildman–Crippen LogP) is 2.96. The minimum Gasteiger partial charge on any atom is -0.423 e. The smallest absolute Gasteiger partial charge is 0.423 e. The van der Waals surface area contributed by atoms with Crippen LogP contribution < -0.4 is 15.8 Å². The van der Waals surface area contributed by atoms with Crippen LogP contribution in [0.2, 0.25) is 0 Å². The molecule has 4 nitrogen and oxygen atoms in total. The highest BCUT2D eigenvalue weighted by molar-refractivity contribution is 8.00. The molecule has 24 heavy (non-hydrogen) atoms. The largest absolute Gasteiger partial charge is 0.491 e. The molecule has 0 saturated heterocycles. The van der Waals surface area contributed by atoms with Gasteiger partial charge in [-0.15, -0.1) is 0 Å². The molecular formula is C15H13BF3NO3S. The Morgan fingerprint density at radius 1 is 1.21 bits per heavy atom. The Balaban J connectivity index is 1.68. The van der Waals surface area contributed by atoms with Gasteiger partial charge in [0.1, 0.15) is 0 Å². The molecule has 1 heterocycles. The first-order valence-corrected chi connectivity index (χ1v) is 7.93. The number of rotatable bonds is 4. The minimum atomic E-state index is -4.35. The summed E-state index contributed by atoms with van der Waals surface area (Å²) in [6.07, 6.45) is 0.713. The van der Waals surface area contributed by atoms with Crippen molar-refractivity contribution in [3.8, 4) is 5.75 Å². The van der Waals surface area contributed by atoms with Crippen LogP contribution in [0.1, 0.15) is 5.56 Å². The molecule has 2 N–H and O–H groups in total. The van der Waals surface area contributed by atoms with Crippen LogP contribution in [0.25, 0.3) is 0 Å². The lowest BCUT2D eigenvalue weighted by molar-refractivity contribution is -0.0328. The summed E-state index contributed by atoms with van der Waals surface area (Å²) in [7, 11) is -0.984. The van der Waals surface area contributed by atoms with Crippen molar-refractivity contribution in [3.63, 3.8) is 0 Å². The Labute approximate surface area is 141 Å². The number of hydrogen-bond acceptors (Lipinski definition) is 5. The Kier molecular flexibility index (Phi) is 4.93. The summed E-state index contributed by atoms with van der Waals surface area (Å²) in [6.45, 7) is 0.459. The summed E-state index contributed by atoms with van der Waals surface area (Å²) in [4.78, 5) is 5.36. The molecule has 2 aromatic carbocycles. The fourth-order valence-corrected chi connectivity index (χ4v) is 2.93. The standard InChI is InChI=1S/C15H13BF3NO3S/c17-15(18,19)24-13-3-1-2-12(9-13)23-20-11-5-4-10-6-7-22-16(21)14(10)8-11/h1-5,8-9,20-21H,6-7H2. The van der Waals surface area contributed by atoms with Crippen molar-refractivity contribution in [1.82, 2.24) is 0 Å².